The maximum absolute atomic E-state index is 14.7. The quantitative estimate of drug-likeness (QED) is 0.348. The van der Waals surface area contributed by atoms with E-state index in [0.29, 0.717) is 12.8 Å². The summed E-state index contributed by atoms with van der Waals surface area (Å²) in [6, 6.07) is 12.6. The first kappa shape index (κ1) is 27.7. The molecule has 0 saturated carbocycles. The summed E-state index contributed by atoms with van der Waals surface area (Å²) in [6.45, 7) is 10.0. The first-order chi connectivity index (χ1) is 18.8. The number of aliphatic hydroxyl groups is 1. The van der Waals surface area contributed by atoms with E-state index in [9.17, 15) is 19.5 Å². The topological polar surface area (TPSA) is 87.2 Å². The Morgan fingerprint density at radius 3 is 2.67 bits per heavy atom. The van der Waals surface area contributed by atoms with Crippen LogP contribution in [0.1, 0.15) is 40.0 Å². The van der Waals surface area contributed by atoms with Crippen molar-refractivity contribution < 1.29 is 24.2 Å². The normalized spacial score (nSPS) is 28.1. The van der Waals surface area contributed by atoms with Crippen LogP contribution < -0.4 is 4.90 Å². The first-order valence-electron chi connectivity index (χ1n) is 14.0. The summed E-state index contributed by atoms with van der Waals surface area (Å²) in [6.07, 6.45) is 3.67. The van der Waals surface area contributed by atoms with Crippen molar-refractivity contribution in [3.8, 4) is 0 Å². The summed E-state index contributed by atoms with van der Waals surface area (Å²) in [5, 5.41) is 12.5. The van der Waals surface area contributed by atoms with E-state index in [0.717, 1.165) is 22.9 Å². The Morgan fingerprint density at radius 1 is 1.26 bits per heavy atom. The number of anilines is 1. The van der Waals surface area contributed by atoms with Gasteiger partial charge in [-0.2, -0.15) is 0 Å². The van der Waals surface area contributed by atoms with Gasteiger partial charge in [0.15, 0.2) is 0 Å². The average Bonchev–Trinajstić information content (AvgIpc) is 3.57. The number of benzene rings is 2. The van der Waals surface area contributed by atoms with E-state index >= 15 is 0 Å². The Hall–Kier alpha value is -2.84. The molecular formula is C31H38N2O5S. The minimum atomic E-state index is -0.799. The van der Waals surface area contributed by atoms with Crippen molar-refractivity contribution >= 4 is 46.0 Å². The summed E-state index contributed by atoms with van der Waals surface area (Å²) < 4.78 is 4.69. The molecule has 39 heavy (non-hydrogen) atoms. The second kappa shape index (κ2) is 11.0. The highest BCUT2D eigenvalue weighted by Gasteiger charge is 2.74. The number of carbonyl (C=O) groups is 3. The minimum absolute atomic E-state index is 0.0540. The van der Waals surface area contributed by atoms with Crippen LogP contribution in [0.4, 0.5) is 5.69 Å². The smallest absolute Gasteiger partial charge is 0.310 e. The zero-order valence-corrected chi connectivity index (χ0v) is 23.7. The molecule has 3 aliphatic heterocycles. The molecule has 1 N–H and O–H groups in total. The van der Waals surface area contributed by atoms with Gasteiger partial charge in [-0.3, -0.25) is 14.4 Å². The van der Waals surface area contributed by atoms with Crippen molar-refractivity contribution in [1.29, 1.82) is 0 Å². The Morgan fingerprint density at radius 2 is 2.00 bits per heavy atom. The number of amides is 2. The maximum atomic E-state index is 14.7. The molecule has 208 valence electrons. The molecule has 2 bridgehead atoms. The molecule has 1 spiro atoms. The fourth-order valence-corrected chi connectivity index (χ4v) is 9.22. The number of likely N-dealkylation sites (tertiary alicyclic amines) is 1. The van der Waals surface area contributed by atoms with Gasteiger partial charge < -0.3 is 19.6 Å². The van der Waals surface area contributed by atoms with Gasteiger partial charge in [0.25, 0.3) is 5.91 Å². The van der Waals surface area contributed by atoms with Crippen molar-refractivity contribution in [3.63, 3.8) is 0 Å². The summed E-state index contributed by atoms with van der Waals surface area (Å²) in [5.41, 5.74) is 0.731. The molecular weight excluding hydrogens is 512 g/mol. The lowest BCUT2D eigenvalue weighted by Gasteiger charge is -2.40. The number of nitrogens with zero attached hydrogens (tertiary/aromatic N) is 2. The van der Waals surface area contributed by atoms with Gasteiger partial charge in [0.2, 0.25) is 5.91 Å². The first-order valence-corrected chi connectivity index (χ1v) is 14.8. The van der Waals surface area contributed by atoms with E-state index in [2.05, 4.69) is 6.58 Å². The van der Waals surface area contributed by atoms with Crippen molar-refractivity contribution in [3.05, 3.63) is 55.1 Å². The number of carbonyl (C=O) groups excluding carboxylic acids is 3. The number of thioether (sulfide) groups is 1. The molecule has 0 radical (unpaired) electrons. The summed E-state index contributed by atoms with van der Waals surface area (Å²) >= 11 is 1.62. The number of hydrogen-bond donors (Lipinski definition) is 1. The van der Waals surface area contributed by atoms with Crippen LogP contribution in [0.2, 0.25) is 0 Å². The van der Waals surface area contributed by atoms with Gasteiger partial charge in [-0.05, 0) is 55.0 Å². The molecule has 0 aromatic heterocycles. The van der Waals surface area contributed by atoms with Crippen LogP contribution in [0.15, 0.2) is 55.1 Å². The molecule has 2 aromatic rings. The van der Waals surface area contributed by atoms with Crippen LogP contribution in [-0.2, 0) is 19.1 Å². The molecule has 8 heteroatoms. The number of aliphatic hydroxyl groups excluding tert-OH is 1. The third-order valence-corrected chi connectivity index (χ3v) is 10.5. The van der Waals surface area contributed by atoms with Crippen LogP contribution in [0, 0.1) is 17.8 Å². The molecule has 3 aliphatic rings. The van der Waals surface area contributed by atoms with Crippen LogP contribution in [0.25, 0.3) is 10.8 Å². The van der Waals surface area contributed by atoms with E-state index in [-0.39, 0.29) is 48.7 Å². The highest BCUT2D eigenvalue weighted by Crippen LogP contribution is 2.67. The lowest BCUT2D eigenvalue weighted by Crippen LogP contribution is -2.57. The van der Waals surface area contributed by atoms with E-state index < -0.39 is 28.7 Å². The lowest BCUT2D eigenvalue weighted by atomic mass is 9.71. The predicted molar refractivity (Wildman–Crippen MR) is 154 cm³/mol. The standard InChI is InChI=1S/C31H38N2O5S/c1-5-15-32(22-12-11-20-9-7-8-10-21(20)17-22)29(36)27-31-14-13-24(39-31)25(30(37)38-6-2)26(31)28(35)33(27)23(18-34)16-19(3)4/h5,7-12,17,19,23-27,34H,1,6,13-16,18H2,2-4H3/t23-,24+,25-,26+,27?,31?/m1/s1. The second-order valence-corrected chi connectivity index (χ2v) is 12.9. The van der Waals surface area contributed by atoms with Gasteiger partial charge >= 0.3 is 5.97 Å². The minimum Gasteiger partial charge on any atom is -0.466 e. The van der Waals surface area contributed by atoms with Crippen LogP contribution in [0.5, 0.6) is 0 Å². The number of esters is 1. The molecule has 3 heterocycles. The van der Waals surface area contributed by atoms with Crippen molar-refractivity contribution in [2.24, 2.45) is 17.8 Å². The number of hydrogen-bond acceptors (Lipinski definition) is 6. The largest absolute Gasteiger partial charge is 0.466 e. The summed E-state index contributed by atoms with van der Waals surface area (Å²) in [5.74, 6) is -1.78. The van der Waals surface area contributed by atoms with Gasteiger partial charge in [0.05, 0.1) is 35.8 Å². The second-order valence-electron chi connectivity index (χ2n) is 11.3. The van der Waals surface area contributed by atoms with Crippen LogP contribution in [-0.4, -0.2) is 69.6 Å². The molecule has 6 atom stereocenters. The molecule has 3 saturated heterocycles. The van der Waals surface area contributed by atoms with Crippen molar-refractivity contribution in [1.82, 2.24) is 4.90 Å². The van der Waals surface area contributed by atoms with E-state index in [1.54, 1.807) is 34.6 Å². The SMILES string of the molecule is C=CCN(C(=O)C1N([C@@H](CO)CC(C)C)C(=O)[C@@H]2[C@H](C(=O)OCC)[C@@H]3CCC12S3)c1ccc2ccccc2c1. The van der Waals surface area contributed by atoms with Gasteiger partial charge in [-0.25, -0.2) is 0 Å². The zero-order valence-electron chi connectivity index (χ0n) is 22.9. The van der Waals surface area contributed by atoms with E-state index in [4.69, 9.17) is 4.74 Å². The Bertz CT molecular complexity index is 1280. The Labute approximate surface area is 234 Å². The lowest BCUT2D eigenvalue weighted by molar-refractivity contribution is -0.154. The zero-order chi connectivity index (χ0) is 27.9. The fraction of sp³-hybridized carbons (Fsp3) is 0.516. The number of ether oxygens (including phenoxy) is 1. The van der Waals surface area contributed by atoms with Crippen molar-refractivity contribution in [2.75, 3.05) is 24.7 Å². The predicted octanol–water partition coefficient (Wildman–Crippen LogP) is 4.42. The Balaban J connectivity index is 1.61. The van der Waals surface area contributed by atoms with Gasteiger partial charge in [0, 0.05) is 17.5 Å². The highest BCUT2D eigenvalue weighted by atomic mass is 32.2. The maximum Gasteiger partial charge on any atom is 0.310 e. The van der Waals surface area contributed by atoms with Crippen LogP contribution >= 0.6 is 11.8 Å². The molecule has 2 amide bonds. The molecule has 3 fully saturated rings. The van der Waals surface area contributed by atoms with Gasteiger partial charge in [-0.15, -0.1) is 18.3 Å². The van der Waals surface area contributed by atoms with Gasteiger partial charge in [0.1, 0.15) is 6.04 Å². The van der Waals surface area contributed by atoms with E-state index in [1.807, 2.05) is 56.3 Å². The summed E-state index contributed by atoms with van der Waals surface area (Å²) in [7, 11) is 0. The average molecular weight is 551 g/mol. The third kappa shape index (κ3) is 4.55. The third-order valence-electron chi connectivity index (χ3n) is 8.50. The molecule has 2 unspecified atom stereocenters. The summed E-state index contributed by atoms with van der Waals surface area (Å²) in [4.78, 5) is 45.5. The molecule has 0 aliphatic carbocycles. The van der Waals surface area contributed by atoms with E-state index in [1.165, 1.54) is 0 Å². The van der Waals surface area contributed by atoms with Crippen molar-refractivity contribution in [2.45, 2.75) is 62.1 Å². The number of fused-ring (bicyclic) bond motifs is 2. The van der Waals surface area contributed by atoms with Crippen LogP contribution in [0.3, 0.4) is 0 Å². The molecule has 7 nitrogen and oxygen atoms in total. The molecule has 2 aromatic carbocycles. The Kier molecular flexibility index (Phi) is 7.80. The molecule has 5 rings (SSSR count). The number of rotatable bonds is 10. The fourth-order valence-electron chi connectivity index (χ4n) is 7.03. The highest BCUT2D eigenvalue weighted by molar-refractivity contribution is 8.02. The van der Waals surface area contributed by atoms with Gasteiger partial charge in [-0.1, -0.05) is 50.3 Å². The monoisotopic (exact) mass is 550 g/mol.